The maximum absolute atomic E-state index is 3.52. The highest BCUT2D eigenvalue weighted by atomic mass is 15.1. The first-order valence-corrected chi connectivity index (χ1v) is 4.13. The zero-order valence-corrected chi connectivity index (χ0v) is 7.31. The van der Waals surface area contributed by atoms with Crippen molar-refractivity contribution in [2.24, 2.45) is 0 Å². The molecule has 2 heteroatoms. The Morgan fingerprint density at radius 1 is 0.600 bits per heavy atom. The van der Waals surface area contributed by atoms with Crippen LogP contribution in [0.4, 0.5) is 0 Å². The predicted octanol–water partition coefficient (Wildman–Crippen LogP) is 0.733. The summed E-state index contributed by atoms with van der Waals surface area (Å²) >= 11 is 0. The van der Waals surface area contributed by atoms with Crippen LogP contribution in [0.15, 0.2) is 0 Å². The molecule has 1 heterocycles. The number of hydrogen-bond donors (Lipinski definition) is 2. The molecule has 1 fully saturated rings. The van der Waals surface area contributed by atoms with Gasteiger partial charge in [0.1, 0.15) is 0 Å². The summed E-state index contributed by atoms with van der Waals surface area (Å²) in [4.78, 5) is 0. The van der Waals surface area contributed by atoms with Gasteiger partial charge in [0, 0.05) is 24.2 Å². The first-order chi connectivity index (χ1) is 4.61. The van der Waals surface area contributed by atoms with Crippen LogP contribution in [0.1, 0.15) is 27.7 Å². The molecule has 0 radical (unpaired) electrons. The quantitative estimate of drug-likeness (QED) is 0.521. The number of hydrogen-bond acceptors (Lipinski definition) is 2. The molecule has 0 aromatic heterocycles. The van der Waals surface area contributed by atoms with E-state index < -0.39 is 0 Å². The summed E-state index contributed by atoms with van der Waals surface area (Å²) in [5.41, 5.74) is 0. The second-order valence-corrected chi connectivity index (χ2v) is 3.49. The molecular weight excluding hydrogens is 124 g/mol. The molecule has 1 aliphatic heterocycles. The van der Waals surface area contributed by atoms with Crippen molar-refractivity contribution >= 4 is 0 Å². The Bertz CT molecular complexity index is 87.8. The van der Waals surface area contributed by atoms with E-state index in [2.05, 4.69) is 38.3 Å². The van der Waals surface area contributed by atoms with E-state index in [0.717, 1.165) is 0 Å². The van der Waals surface area contributed by atoms with E-state index in [4.69, 9.17) is 0 Å². The van der Waals surface area contributed by atoms with Gasteiger partial charge in [0.15, 0.2) is 0 Å². The van der Waals surface area contributed by atoms with Crippen LogP contribution in [0.3, 0.4) is 0 Å². The average molecular weight is 142 g/mol. The lowest BCUT2D eigenvalue weighted by atomic mass is 10.0. The fraction of sp³-hybridized carbons (Fsp3) is 1.00. The summed E-state index contributed by atoms with van der Waals surface area (Å²) in [5, 5.41) is 7.03. The lowest BCUT2D eigenvalue weighted by Gasteiger charge is -2.38. The second kappa shape index (κ2) is 2.89. The Morgan fingerprint density at radius 3 is 1.00 bits per heavy atom. The molecule has 0 bridgehead atoms. The summed E-state index contributed by atoms with van der Waals surface area (Å²) in [6.07, 6.45) is 0. The molecule has 0 aromatic carbocycles. The van der Waals surface area contributed by atoms with E-state index in [1.165, 1.54) is 0 Å². The van der Waals surface area contributed by atoms with Crippen LogP contribution < -0.4 is 10.6 Å². The van der Waals surface area contributed by atoms with E-state index in [1.54, 1.807) is 0 Å². The van der Waals surface area contributed by atoms with E-state index in [0.29, 0.717) is 24.2 Å². The van der Waals surface area contributed by atoms with Crippen molar-refractivity contribution < 1.29 is 0 Å². The van der Waals surface area contributed by atoms with E-state index in [1.807, 2.05) is 0 Å². The van der Waals surface area contributed by atoms with E-state index >= 15 is 0 Å². The van der Waals surface area contributed by atoms with Crippen molar-refractivity contribution in [3.05, 3.63) is 0 Å². The van der Waals surface area contributed by atoms with Gasteiger partial charge in [-0.2, -0.15) is 0 Å². The molecule has 2 unspecified atom stereocenters. The molecule has 0 spiro atoms. The molecule has 10 heavy (non-hydrogen) atoms. The number of rotatable bonds is 0. The summed E-state index contributed by atoms with van der Waals surface area (Å²) in [5.74, 6) is 0. The topological polar surface area (TPSA) is 24.1 Å². The number of piperazine rings is 1. The van der Waals surface area contributed by atoms with Crippen LogP contribution in [0.25, 0.3) is 0 Å². The zero-order valence-electron chi connectivity index (χ0n) is 7.31. The van der Waals surface area contributed by atoms with Crippen LogP contribution in [0, 0.1) is 0 Å². The fourth-order valence-corrected chi connectivity index (χ4v) is 1.41. The first-order valence-electron chi connectivity index (χ1n) is 4.13. The van der Waals surface area contributed by atoms with Crippen molar-refractivity contribution in [3.8, 4) is 0 Å². The molecule has 0 aromatic rings. The van der Waals surface area contributed by atoms with Crippen molar-refractivity contribution in [1.29, 1.82) is 0 Å². The van der Waals surface area contributed by atoms with Gasteiger partial charge in [-0.1, -0.05) is 0 Å². The summed E-state index contributed by atoms with van der Waals surface area (Å²) in [7, 11) is 0. The third kappa shape index (κ3) is 1.50. The molecule has 0 saturated carbocycles. The monoisotopic (exact) mass is 142 g/mol. The van der Waals surface area contributed by atoms with E-state index in [9.17, 15) is 0 Å². The third-order valence-electron chi connectivity index (χ3n) is 2.55. The van der Waals surface area contributed by atoms with Crippen LogP contribution in [-0.2, 0) is 0 Å². The molecule has 0 aliphatic carbocycles. The SMILES string of the molecule is CC1N[C@H](C)[C@@H](C)NC1C. The second-order valence-electron chi connectivity index (χ2n) is 3.49. The molecular formula is C8H18N2. The largest absolute Gasteiger partial charge is 0.309 e. The van der Waals surface area contributed by atoms with Crippen LogP contribution in [0.2, 0.25) is 0 Å². The average Bonchev–Trinajstić information content (AvgIpc) is 1.84. The summed E-state index contributed by atoms with van der Waals surface area (Å²) < 4.78 is 0. The van der Waals surface area contributed by atoms with Gasteiger partial charge < -0.3 is 10.6 Å². The van der Waals surface area contributed by atoms with Gasteiger partial charge in [-0.3, -0.25) is 0 Å². The Morgan fingerprint density at radius 2 is 0.800 bits per heavy atom. The van der Waals surface area contributed by atoms with Gasteiger partial charge in [-0.05, 0) is 27.7 Å². The molecule has 2 nitrogen and oxygen atoms in total. The molecule has 4 atom stereocenters. The Hall–Kier alpha value is -0.0800. The standard InChI is InChI=1S/C8H18N2/c1-5-6(2)10-8(4)7(3)9-5/h5-10H,1-4H3/t5-,6-,7?,8?/m1/s1. The highest BCUT2D eigenvalue weighted by Crippen LogP contribution is 2.05. The van der Waals surface area contributed by atoms with Gasteiger partial charge in [0.2, 0.25) is 0 Å². The van der Waals surface area contributed by atoms with Crippen LogP contribution in [0.5, 0.6) is 0 Å². The van der Waals surface area contributed by atoms with Crippen LogP contribution >= 0.6 is 0 Å². The Kier molecular flexibility index (Phi) is 2.32. The zero-order chi connectivity index (χ0) is 7.72. The molecule has 2 N–H and O–H groups in total. The van der Waals surface area contributed by atoms with Crippen LogP contribution in [-0.4, -0.2) is 24.2 Å². The maximum atomic E-state index is 3.52. The van der Waals surface area contributed by atoms with E-state index in [-0.39, 0.29) is 0 Å². The molecule has 1 rings (SSSR count). The van der Waals surface area contributed by atoms with Crippen molar-refractivity contribution in [3.63, 3.8) is 0 Å². The lowest BCUT2D eigenvalue weighted by molar-refractivity contribution is 0.250. The normalized spacial score (nSPS) is 49.2. The van der Waals surface area contributed by atoms with Crippen molar-refractivity contribution in [2.75, 3.05) is 0 Å². The molecule has 1 aliphatic rings. The predicted molar refractivity (Wildman–Crippen MR) is 44.1 cm³/mol. The summed E-state index contributed by atoms with van der Waals surface area (Å²) in [6, 6.07) is 2.41. The van der Waals surface area contributed by atoms with Gasteiger partial charge in [0.05, 0.1) is 0 Å². The van der Waals surface area contributed by atoms with Gasteiger partial charge >= 0.3 is 0 Å². The van der Waals surface area contributed by atoms with Gasteiger partial charge in [0.25, 0.3) is 0 Å². The molecule has 0 amide bonds. The molecule has 1 saturated heterocycles. The Balaban J connectivity index is 2.46. The lowest BCUT2D eigenvalue weighted by Crippen LogP contribution is -2.62. The smallest absolute Gasteiger partial charge is 0.0193 e. The highest BCUT2D eigenvalue weighted by molar-refractivity contribution is 4.89. The van der Waals surface area contributed by atoms with Crippen molar-refractivity contribution in [2.45, 2.75) is 51.9 Å². The van der Waals surface area contributed by atoms with Crippen molar-refractivity contribution in [1.82, 2.24) is 10.6 Å². The first kappa shape index (κ1) is 8.02. The third-order valence-corrected chi connectivity index (χ3v) is 2.55. The maximum Gasteiger partial charge on any atom is 0.0193 e. The Labute approximate surface area is 63.4 Å². The molecule has 60 valence electrons. The fourth-order valence-electron chi connectivity index (χ4n) is 1.41. The minimum absolute atomic E-state index is 0.603. The van der Waals surface area contributed by atoms with Gasteiger partial charge in [-0.15, -0.1) is 0 Å². The minimum Gasteiger partial charge on any atom is -0.309 e. The van der Waals surface area contributed by atoms with Gasteiger partial charge in [-0.25, -0.2) is 0 Å². The minimum atomic E-state index is 0.603. The summed E-state index contributed by atoms with van der Waals surface area (Å²) in [6.45, 7) is 8.89. The highest BCUT2D eigenvalue weighted by Gasteiger charge is 2.25. The number of nitrogens with one attached hydrogen (secondary N) is 2.